The number of halogens is 1. The minimum atomic E-state index is -0.199. The molecule has 2 heterocycles. The zero-order chi connectivity index (χ0) is 21.4. The van der Waals surface area contributed by atoms with Crippen LogP contribution in [0, 0.1) is 0 Å². The van der Waals surface area contributed by atoms with E-state index >= 15 is 0 Å². The lowest BCUT2D eigenvalue weighted by atomic mass is 10.1. The van der Waals surface area contributed by atoms with Gasteiger partial charge in [0.25, 0.3) is 5.56 Å². The van der Waals surface area contributed by atoms with Gasteiger partial charge in [-0.15, -0.1) is 0 Å². The van der Waals surface area contributed by atoms with Crippen molar-refractivity contribution in [3.05, 3.63) is 99.9 Å². The van der Waals surface area contributed by atoms with Crippen LogP contribution in [0.5, 0.6) is 5.75 Å². The second-order valence-electron chi connectivity index (χ2n) is 6.88. The van der Waals surface area contributed by atoms with Gasteiger partial charge in [0.2, 0.25) is 0 Å². The fourth-order valence-electron chi connectivity index (χ4n) is 3.57. The van der Waals surface area contributed by atoms with Crippen molar-refractivity contribution in [2.75, 3.05) is 7.11 Å². The van der Waals surface area contributed by atoms with E-state index in [2.05, 4.69) is 21.0 Å². The van der Waals surface area contributed by atoms with Gasteiger partial charge in [0, 0.05) is 4.47 Å². The largest absolute Gasteiger partial charge is 0.496 e. The molecule has 31 heavy (non-hydrogen) atoms. The van der Waals surface area contributed by atoms with E-state index in [0.717, 1.165) is 10.2 Å². The molecule has 0 atom stereocenters. The fourth-order valence-corrected chi connectivity index (χ4v) is 3.83. The van der Waals surface area contributed by atoms with Crippen LogP contribution >= 0.6 is 15.9 Å². The minimum absolute atomic E-state index is 0.199. The normalized spacial score (nSPS) is 11.0. The number of methoxy groups -OCH3 is 1. The zero-order valence-corrected chi connectivity index (χ0v) is 18.2. The summed E-state index contributed by atoms with van der Waals surface area (Å²) in [5.41, 5.74) is 2.54. The molecule has 5 aromatic rings. The third-order valence-corrected chi connectivity index (χ3v) is 5.56. The van der Waals surface area contributed by atoms with E-state index in [4.69, 9.17) is 9.72 Å². The number of hydrogen-bond donors (Lipinski definition) is 0. The van der Waals surface area contributed by atoms with Crippen LogP contribution in [0.4, 0.5) is 0 Å². The molecule has 0 fully saturated rings. The molecule has 0 aliphatic carbocycles. The van der Waals surface area contributed by atoms with Crippen LogP contribution in [-0.2, 0) is 0 Å². The summed E-state index contributed by atoms with van der Waals surface area (Å²) in [6.07, 6.45) is 1.57. The molecule has 0 radical (unpaired) electrons. The minimum Gasteiger partial charge on any atom is -0.496 e. The van der Waals surface area contributed by atoms with Crippen LogP contribution in [0.25, 0.3) is 33.8 Å². The molecule has 0 bridgehead atoms. The van der Waals surface area contributed by atoms with E-state index in [1.54, 1.807) is 22.6 Å². The van der Waals surface area contributed by atoms with E-state index in [-0.39, 0.29) is 5.56 Å². The number of hydrogen-bond acceptors (Lipinski definition) is 4. The molecule has 0 saturated heterocycles. The predicted octanol–water partition coefficient (Wildman–Crippen LogP) is 5.01. The smallest absolute Gasteiger partial charge is 0.269 e. The van der Waals surface area contributed by atoms with E-state index in [1.165, 1.54) is 0 Å². The average Bonchev–Trinajstić information content (AvgIpc) is 3.25. The van der Waals surface area contributed by atoms with Crippen molar-refractivity contribution in [2.45, 2.75) is 0 Å². The summed E-state index contributed by atoms with van der Waals surface area (Å²) < 4.78 is 9.78. The molecule has 0 N–H and O–H groups in total. The van der Waals surface area contributed by atoms with E-state index in [1.807, 2.05) is 78.9 Å². The zero-order valence-electron chi connectivity index (χ0n) is 16.6. The third kappa shape index (κ3) is 3.33. The Hall–Kier alpha value is -3.71. The third-order valence-electron chi connectivity index (χ3n) is 5.03. The molecule has 7 heteroatoms. The summed E-state index contributed by atoms with van der Waals surface area (Å²) in [7, 11) is 1.60. The second kappa shape index (κ2) is 7.85. The Morgan fingerprint density at radius 3 is 2.32 bits per heavy atom. The molecule has 0 aliphatic heterocycles. The van der Waals surface area contributed by atoms with Gasteiger partial charge in [-0.1, -0.05) is 46.3 Å². The van der Waals surface area contributed by atoms with Gasteiger partial charge in [-0.05, 0) is 48.5 Å². The molecule has 5 rings (SSSR count). The quantitative estimate of drug-likeness (QED) is 0.368. The van der Waals surface area contributed by atoms with Crippen molar-refractivity contribution in [1.29, 1.82) is 0 Å². The van der Waals surface area contributed by atoms with Crippen LogP contribution in [0.2, 0.25) is 0 Å². The number of benzene rings is 3. The maximum absolute atomic E-state index is 13.7. The Morgan fingerprint density at radius 1 is 0.871 bits per heavy atom. The maximum Gasteiger partial charge on any atom is 0.269 e. The molecule has 0 aliphatic rings. The molecular weight excluding hydrogens is 456 g/mol. The highest BCUT2D eigenvalue weighted by Gasteiger charge is 2.20. The van der Waals surface area contributed by atoms with Crippen LogP contribution in [0.1, 0.15) is 0 Å². The lowest BCUT2D eigenvalue weighted by Crippen LogP contribution is -2.22. The number of fused-ring (bicyclic) bond motifs is 1. The number of aromatic nitrogens is 4. The first kappa shape index (κ1) is 19.3. The molecule has 0 saturated carbocycles. The van der Waals surface area contributed by atoms with Crippen molar-refractivity contribution in [3.63, 3.8) is 0 Å². The van der Waals surface area contributed by atoms with Gasteiger partial charge in [0.15, 0.2) is 11.5 Å². The average molecular weight is 473 g/mol. The van der Waals surface area contributed by atoms with E-state index in [9.17, 15) is 4.79 Å². The van der Waals surface area contributed by atoms with Crippen molar-refractivity contribution in [2.24, 2.45) is 0 Å². The van der Waals surface area contributed by atoms with E-state index < -0.39 is 0 Å². The van der Waals surface area contributed by atoms with E-state index in [0.29, 0.717) is 33.9 Å². The van der Waals surface area contributed by atoms with Gasteiger partial charge < -0.3 is 4.74 Å². The van der Waals surface area contributed by atoms with Gasteiger partial charge in [0.05, 0.1) is 30.2 Å². The SMILES string of the molecule is COc1ccccc1-c1nc2c(cnn2-c2ccccc2)c(=O)n1-c1ccc(Br)cc1. The Balaban J connectivity index is 1.88. The highest BCUT2D eigenvalue weighted by Crippen LogP contribution is 2.30. The Labute approximate surface area is 186 Å². The van der Waals surface area contributed by atoms with Crippen molar-refractivity contribution >= 4 is 27.0 Å². The first-order valence-corrected chi connectivity index (χ1v) is 10.4. The second-order valence-corrected chi connectivity index (χ2v) is 7.80. The molecular formula is C24H17BrN4O2. The van der Waals surface area contributed by atoms with Crippen LogP contribution < -0.4 is 10.3 Å². The van der Waals surface area contributed by atoms with Crippen molar-refractivity contribution in [1.82, 2.24) is 19.3 Å². The lowest BCUT2D eigenvalue weighted by molar-refractivity contribution is 0.416. The highest BCUT2D eigenvalue weighted by molar-refractivity contribution is 9.10. The van der Waals surface area contributed by atoms with Gasteiger partial charge in [-0.2, -0.15) is 5.10 Å². The topological polar surface area (TPSA) is 61.9 Å². The summed E-state index contributed by atoms with van der Waals surface area (Å²) in [5, 5.41) is 4.89. The molecule has 2 aromatic heterocycles. The van der Waals surface area contributed by atoms with Crippen molar-refractivity contribution in [3.8, 4) is 28.5 Å². The number of ether oxygens (including phenoxy) is 1. The van der Waals surface area contributed by atoms with Gasteiger partial charge in [0.1, 0.15) is 11.1 Å². The summed E-state index contributed by atoms with van der Waals surface area (Å²) in [6.45, 7) is 0. The van der Waals surface area contributed by atoms with Gasteiger partial charge in [-0.25, -0.2) is 9.67 Å². The Bertz CT molecular complexity index is 1440. The lowest BCUT2D eigenvalue weighted by Gasteiger charge is -2.15. The first-order chi connectivity index (χ1) is 15.2. The molecule has 0 amide bonds. The van der Waals surface area contributed by atoms with Crippen LogP contribution in [0.15, 0.2) is 94.3 Å². The number of rotatable bonds is 4. The maximum atomic E-state index is 13.7. The van der Waals surface area contributed by atoms with Crippen LogP contribution in [-0.4, -0.2) is 26.4 Å². The fraction of sp³-hybridized carbons (Fsp3) is 0.0417. The molecule has 0 spiro atoms. The standard InChI is InChI=1S/C24H17BrN4O2/c1-31-21-10-6-5-9-19(21)22-27-23-20(15-26-29(23)18-7-3-2-4-8-18)24(30)28(22)17-13-11-16(25)12-14-17/h2-15H,1H3. The number of nitrogens with zero attached hydrogens (tertiary/aromatic N) is 4. The Morgan fingerprint density at radius 2 is 1.58 bits per heavy atom. The number of para-hydroxylation sites is 2. The summed E-state index contributed by atoms with van der Waals surface area (Å²) >= 11 is 3.46. The summed E-state index contributed by atoms with van der Waals surface area (Å²) in [5.74, 6) is 1.11. The highest BCUT2D eigenvalue weighted by atomic mass is 79.9. The Kier molecular flexibility index (Phi) is 4.88. The molecule has 0 unspecified atom stereocenters. The first-order valence-electron chi connectivity index (χ1n) is 9.63. The van der Waals surface area contributed by atoms with Crippen molar-refractivity contribution < 1.29 is 4.74 Å². The monoisotopic (exact) mass is 472 g/mol. The van der Waals surface area contributed by atoms with Crippen LogP contribution in [0.3, 0.4) is 0 Å². The molecule has 6 nitrogen and oxygen atoms in total. The van der Waals surface area contributed by atoms with Gasteiger partial charge >= 0.3 is 0 Å². The summed E-state index contributed by atoms with van der Waals surface area (Å²) in [4.78, 5) is 18.6. The summed E-state index contributed by atoms with van der Waals surface area (Å²) in [6, 6.07) is 24.7. The van der Waals surface area contributed by atoms with Gasteiger partial charge in [-0.3, -0.25) is 9.36 Å². The molecule has 152 valence electrons. The predicted molar refractivity (Wildman–Crippen MR) is 124 cm³/mol. The molecule has 3 aromatic carbocycles.